The maximum absolute atomic E-state index is 13.6. The number of aromatic nitrogens is 1. The highest BCUT2D eigenvalue weighted by Gasteiger charge is 2.35. The lowest BCUT2D eigenvalue weighted by Crippen LogP contribution is -2.33. The lowest BCUT2D eigenvalue weighted by Gasteiger charge is -2.28. The van der Waals surface area contributed by atoms with Crippen molar-refractivity contribution in [3.05, 3.63) is 109 Å². The maximum Gasteiger partial charge on any atom is 0.259 e. The summed E-state index contributed by atoms with van der Waals surface area (Å²) < 4.78 is 7.38. The van der Waals surface area contributed by atoms with Gasteiger partial charge in [0.2, 0.25) is 5.88 Å². The molecule has 2 aromatic carbocycles. The first-order valence-electron chi connectivity index (χ1n) is 9.52. The number of nitrogens with two attached hydrogens (primary N) is 1. The predicted molar refractivity (Wildman–Crippen MR) is 116 cm³/mol. The van der Waals surface area contributed by atoms with Gasteiger partial charge in [0.15, 0.2) is 0 Å². The molecule has 0 radical (unpaired) electrons. The molecule has 150 valence electrons. The van der Waals surface area contributed by atoms with Crippen molar-refractivity contribution in [2.45, 2.75) is 26.3 Å². The summed E-state index contributed by atoms with van der Waals surface area (Å²) in [6.07, 6.45) is 0. The Bertz CT molecular complexity index is 1270. The van der Waals surface area contributed by atoms with Crippen LogP contribution in [-0.4, -0.2) is 4.57 Å². The van der Waals surface area contributed by atoms with E-state index in [-0.39, 0.29) is 17.0 Å². The lowest BCUT2D eigenvalue weighted by molar-refractivity contribution is 0.389. The van der Waals surface area contributed by atoms with Crippen molar-refractivity contribution in [3.63, 3.8) is 0 Å². The fraction of sp³-hybridized carbons (Fsp3) is 0.167. The number of nitriles is 1. The summed E-state index contributed by atoms with van der Waals surface area (Å²) in [4.78, 5) is 13.6. The molecule has 1 aliphatic rings. The number of rotatable bonds is 3. The van der Waals surface area contributed by atoms with Gasteiger partial charge < -0.3 is 15.0 Å². The SMILES string of the molecule is Cc1ccc(Cn2c(C)cc3c(c2=O)[C@@H](c2ccccc2Cl)C(C#N)=C(N)O3)cc1. The predicted octanol–water partition coefficient (Wildman–Crippen LogP) is 4.39. The molecule has 1 aromatic heterocycles. The van der Waals surface area contributed by atoms with Gasteiger partial charge >= 0.3 is 0 Å². The van der Waals surface area contributed by atoms with Gasteiger partial charge in [-0.1, -0.05) is 59.6 Å². The van der Waals surface area contributed by atoms with Gasteiger partial charge in [0.25, 0.3) is 5.56 Å². The first kappa shape index (κ1) is 19.8. The van der Waals surface area contributed by atoms with E-state index in [4.69, 9.17) is 22.1 Å². The third-order valence-electron chi connectivity index (χ3n) is 5.37. The number of hydrogen-bond acceptors (Lipinski definition) is 4. The van der Waals surface area contributed by atoms with E-state index in [1.807, 2.05) is 44.2 Å². The van der Waals surface area contributed by atoms with Gasteiger partial charge in [0.1, 0.15) is 17.4 Å². The molecule has 0 saturated heterocycles. The molecule has 1 atom stereocenters. The van der Waals surface area contributed by atoms with Crippen molar-refractivity contribution >= 4 is 11.6 Å². The molecule has 0 fully saturated rings. The topological polar surface area (TPSA) is 81.0 Å². The van der Waals surface area contributed by atoms with Crippen LogP contribution in [0.1, 0.15) is 33.9 Å². The van der Waals surface area contributed by atoms with Gasteiger partial charge in [-0.3, -0.25) is 4.79 Å². The summed E-state index contributed by atoms with van der Waals surface area (Å²) in [7, 11) is 0. The Labute approximate surface area is 179 Å². The van der Waals surface area contributed by atoms with E-state index in [0.29, 0.717) is 28.4 Å². The molecule has 2 heterocycles. The smallest absolute Gasteiger partial charge is 0.259 e. The number of halogens is 1. The van der Waals surface area contributed by atoms with Crippen LogP contribution in [0.5, 0.6) is 5.75 Å². The van der Waals surface area contributed by atoms with Crippen molar-refractivity contribution in [1.82, 2.24) is 4.57 Å². The monoisotopic (exact) mass is 417 g/mol. The van der Waals surface area contributed by atoms with Crippen molar-refractivity contribution in [2.75, 3.05) is 0 Å². The number of pyridine rings is 1. The van der Waals surface area contributed by atoms with E-state index < -0.39 is 5.92 Å². The Balaban J connectivity index is 1.93. The second kappa shape index (κ2) is 7.74. The minimum atomic E-state index is -0.690. The largest absolute Gasteiger partial charge is 0.440 e. The third-order valence-corrected chi connectivity index (χ3v) is 5.71. The molecule has 30 heavy (non-hydrogen) atoms. The first-order valence-corrected chi connectivity index (χ1v) is 9.90. The standard InChI is InChI=1S/C24H20ClN3O2/c1-14-7-9-16(10-8-14)13-28-15(2)11-20-22(24(28)29)21(18(12-26)23(27)30-20)17-5-3-4-6-19(17)25/h3-11,21H,13,27H2,1-2H3/t21-/m0/s1. The van der Waals surface area contributed by atoms with Crippen molar-refractivity contribution < 1.29 is 4.74 Å². The second-order valence-corrected chi connectivity index (χ2v) is 7.79. The third kappa shape index (κ3) is 3.36. The van der Waals surface area contributed by atoms with E-state index in [0.717, 1.165) is 16.8 Å². The molecule has 5 nitrogen and oxygen atoms in total. The van der Waals surface area contributed by atoms with E-state index in [2.05, 4.69) is 6.07 Å². The summed E-state index contributed by atoms with van der Waals surface area (Å²) in [6.45, 7) is 4.28. The minimum Gasteiger partial charge on any atom is -0.440 e. The number of aryl methyl sites for hydroxylation is 2. The minimum absolute atomic E-state index is 0.00926. The quantitative estimate of drug-likeness (QED) is 0.685. The molecule has 4 rings (SSSR count). The van der Waals surface area contributed by atoms with Crippen molar-refractivity contribution in [1.29, 1.82) is 5.26 Å². The van der Waals surface area contributed by atoms with Gasteiger partial charge in [-0.25, -0.2) is 0 Å². The average Bonchev–Trinajstić information content (AvgIpc) is 2.72. The normalized spacial score (nSPS) is 15.3. The molecule has 2 N–H and O–H groups in total. The fourth-order valence-corrected chi connectivity index (χ4v) is 4.02. The Morgan fingerprint density at radius 3 is 2.53 bits per heavy atom. The Morgan fingerprint density at radius 2 is 1.87 bits per heavy atom. The van der Waals surface area contributed by atoms with E-state index >= 15 is 0 Å². The molecule has 0 saturated carbocycles. The number of hydrogen-bond donors (Lipinski definition) is 1. The molecule has 0 aliphatic carbocycles. The van der Waals surface area contributed by atoms with Crippen LogP contribution in [0.15, 0.2) is 70.8 Å². The van der Waals surface area contributed by atoms with E-state index in [1.54, 1.807) is 28.8 Å². The van der Waals surface area contributed by atoms with Gasteiger partial charge in [0, 0.05) is 16.8 Å². The zero-order valence-electron chi connectivity index (χ0n) is 16.6. The molecule has 0 amide bonds. The van der Waals surface area contributed by atoms with E-state index in [1.165, 1.54) is 0 Å². The highest BCUT2D eigenvalue weighted by molar-refractivity contribution is 6.31. The Kier molecular flexibility index (Phi) is 5.11. The van der Waals surface area contributed by atoms with Gasteiger partial charge in [-0.15, -0.1) is 0 Å². The zero-order chi connectivity index (χ0) is 21.4. The van der Waals surface area contributed by atoms with Crippen LogP contribution in [0.3, 0.4) is 0 Å². The Hall–Kier alpha value is -3.49. The highest BCUT2D eigenvalue weighted by Crippen LogP contribution is 2.42. The molecule has 0 unspecified atom stereocenters. The Morgan fingerprint density at radius 1 is 1.17 bits per heavy atom. The van der Waals surface area contributed by atoms with Crippen LogP contribution in [0, 0.1) is 25.2 Å². The number of benzene rings is 2. The molecular formula is C24H20ClN3O2. The van der Waals surface area contributed by atoms with Crippen LogP contribution in [-0.2, 0) is 6.54 Å². The van der Waals surface area contributed by atoms with Crippen molar-refractivity contribution in [2.24, 2.45) is 5.73 Å². The number of ether oxygens (including phenoxy) is 1. The summed E-state index contributed by atoms with van der Waals surface area (Å²) in [6, 6.07) is 19.1. The molecule has 6 heteroatoms. The fourth-order valence-electron chi connectivity index (χ4n) is 3.78. The number of nitrogens with zero attached hydrogens (tertiary/aromatic N) is 2. The summed E-state index contributed by atoms with van der Waals surface area (Å²) in [5, 5.41) is 10.2. The summed E-state index contributed by atoms with van der Waals surface area (Å²) >= 11 is 6.44. The lowest BCUT2D eigenvalue weighted by atomic mass is 9.84. The van der Waals surface area contributed by atoms with Crippen molar-refractivity contribution in [3.8, 4) is 11.8 Å². The average molecular weight is 418 g/mol. The second-order valence-electron chi connectivity index (χ2n) is 7.39. The number of allylic oxidation sites excluding steroid dienone is 1. The maximum atomic E-state index is 13.6. The van der Waals surface area contributed by atoms with Gasteiger partial charge in [-0.05, 0) is 31.0 Å². The zero-order valence-corrected chi connectivity index (χ0v) is 17.4. The van der Waals surface area contributed by atoms with Crippen LogP contribution >= 0.6 is 11.6 Å². The molecule has 0 spiro atoms. The molecule has 3 aromatic rings. The summed E-state index contributed by atoms with van der Waals surface area (Å²) in [5.74, 6) is -0.339. The van der Waals surface area contributed by atoms with Crippen LogP contribution in [0.4, 0.5) is 0 Å². The van der Waals surface area contributed by atoms with Crippen LogP contribution < -0.4 is 16.0 Å². The summed E-state index contributed by atoms with van der Waals surface area (Å²) in [5.41, 5.74) is 9.91. The van der Waals surface area contributed by atoms with Gasteiger partial charge in [0.05, 0.1) is 18.0 Å². The van der Waals surface area contributed by atoms with E-state index in [9.17, 15) is 10.1 Å². The van der Waals surface area contributed by atoms with Gasteiger partial charge in [-0.2, -0.15) is 5.26 Å². The molecular weight excluding hydrogens is 398 g/mol. The first-order chi connectivity index (χ1) is 14.4. The number of fused-ring (bicyclic) bond motifs is 1. The van der Waals surface area contributed by atoms with Crippen LogP contribution in [0.25, 0.3) is 0 Å². The van der Waals surface area contributed by atoms with Crippen LogP contribution in [0.2, 0.25) is 5.02 Å². The highest BCUT2D eigenvalue weighted by atomic mass is 35.5. The molecule has 1 aliphatic heterocycles. The molecule has 0 bridgehead atoms.